The van der Waals surface area contributed by atoms with Gasteiger partial charge in [-0.2, -0.15) is 0 Å². The fourth-order valence-corrected chi connectivity index (χ4v) is 5.80. The molecule has 0 aliphatic carbocycles. The van der Waals surface area contributed by atoms with Gasteiger partial charge in [-0.15, -0.1) is 0 Å². The number of aliphatic hydroxyl groups is 5. The molecule has 0 radical (unpaired) electrons. The van der Waals surface area contributed by atoms with Gasteiger partial charge in [0.1, 0.15) is 31.0 Å². The van der Waals surface area contributed by atoms with Crippen molar-refractivity contribution in [2.75, 3.05) is 26.4 Å². The van der Waals surface area contributed by atoms with Gasteiger partial charge in [-0.3, -0.25) is 18.6 Å². The summed E-state index contributed by atoms with van der Waals surface area (Å²) in [5.74, 6) is -1.15. The lowest BCUT2D eigenvalue weighted by atomic mass is 10.0. The molecule has 55 heavy (non-hydrogen) atoms. The molecular weight excluding hydrogens is 731 g/mol. The van der Waals surface area contributed by atoms with Crippen LogP contribution in [0.1, 0.15) is 142 Å². The van der Waals surface area contributed by atoms with Gasteiger partial charge in [0.05, 0.1) is 19.8 Å². The number of ether oxygens (including phenoxy) is 2. The first-order valence-corrected chi connectivity index (χ1v) is 21.9. The number of phosphoric ester groups is 1. The molecule has 6 N–H and O–H groups in total. The van der Waals surface area contributed by atoms with Crippen molar-refractivity contribution in [3.63, 3.8) is 0 Å². The largest absolute Gasteiger partial charge is 0.472 e. The topological polar surface area (TPSA) is 210 Å². The third-order valence-electron chi connectivity index (χ3n) is 8.49. The van der Waals surface area contributed by atoms with E-state index in [2.05, 4.69) is 50.3 Å². The minimum Gasteiger partial charge on any atom is -0.462 e. The molecule has 1 unspecified atom stereocenters. The summed E-state index contributed by atoms with van der Waals surface area (Å²) < 4.78 is 32.8. The third kappa shape index (κ3) is 32.6. The fraction of sp³-hybridized carbons (Fsp3) is 0.756. The number of rotatable bonds is 37. The molecule has 0 saturated heterocycles. The monoisotopic (exact) mass is 804 g/mol. The lowest BCUT2D eigenvalue weighted by Gasteiger charge is -2.26. The number of carbonyl (C=O) groups excluding carboxylic acids is 2. The predicted octanol–water partition coefficient (Wildman–Crippen LogP) is 7.08. The van der Waals surface area contributed by atoms with Gasteiger partial charge in [0, 0.05) is 12.8 Å². The predicted molar refractivity (Wildman–Crippen MR) is 214 cm³/mol. The Morgan fingerprint density at radius 2 is 0.927 bits per heavy atom. The second-order valence-electron chi connectivity index (χ2n) is 13.7. The van der Waals surface area contributed by atoms with E-state index < -0.39 is 76.7 Å². The Kier molecular flexibility index (Phi) is 34.7. The van der Waals surface area contributed by atoms with Crippen LogP contribution < -0.4 is 0 Å². The van der Waals surface area contributed by atoms with Crippen LogP contribution >= 0.6 is 7.82 Å². The third-order valence-corrected chi connectivity index (χ3v) is 9.44. The standard InChI is InChI=1S/C41H73O13P/c1-3-5-7-9-11-13-15-17-19-21-23-25-27-29-38(45)51-32-35(33-52-55(49,50)53-34-37(44)41(48)40(47)36(43)31-42)54-39(46)30-28-26-24-22-20-18-16-14-12-10-8-6-4-2/h9-12,21-24,35-37,40-44,47-48H,3-8,13-20,25-34H2,1-2H3,(H,49,50)/t35-,36-,37-,40-,41-/m1/s1. The Bertz CT molecular complexity index is 1110. The zero-order valence-corrected chi connectivity index (χ0v) is 34.4. The Balaban J connectivity index is 4.82. The highest BCUT2D eigenvalue weighted by atomic mass is 31.2. The number of phosphoric acid groups is 1. The first-order chi connectivity index (χ1) is 26.5. The number of aliphatic hydroxyl groups excluding tert-OH is 5. The van der Waals surface area contributed by atoms with E-state index >= 15 is 0 Å². The van der Waals surface area contributed by atoms with Crippen molar-refractivity contribution >= 4 is 19.8 Å². The molecule has 0 aliphatic rings. The molecular formula is C41H73O13P. The van der Waals surface area contributed by atoms with Gasteiger partial charge >= 0.3 is 19.8 Å². The molecule has 6 atom stereocenters. The quantitative estimate of drug-likeness (QED) is 0.0161. The number of unbranched alkanes of at least 4 members (excludes halogenated alkanes) is 12. The average Bonchev–Trinajstić information content (AvgIpc) is 3.17. The van der Waals surface area contributed by atoms with Gasteiger partial charge in [-0.05, 0) is 89.9 Å². The van der Waals surface area contributed by atoms with E-state index in [0.717, 1.165) is 64.2 Å². The lowest BCUT2D eigenvalue weighted by Crippen LogP contribution is -2.47. The lowest BCUT2D eigenvalue weighted by molar-refractivity contribution is -0.161. The zero-order valence-electron chi connectivity index (χ0n) is 33.5. The van der Waals surface area contributed by atoms with E-state index in [-0.39, 0.29) is 12.8 Å². The number of carbonyl (C=O) groups is 2. The Morgan fingerprint density at radius 3 is 1.36 bits per heavy atom. The van der Waals surface area contributed by atoms with Crippen molar-refractivity contribution in [2.24, 2.45) is 0 Å². The maximum atomic E-state index is 12.6. The van der Waals surface area contributed by atoms with Crippen molar-refractivity contribution in [1.29, 1.82) is 0 Å². The Labute approximate surface area is 330 Å². The molecule has 14 heteroatoms. The minimum atomic E-state index is -4.91. The van der Waals surface area contributed by atoms with Crippen molar-refractivity contribution in [3.8, 4) is 0 Å². The highest BCUT2D eigenvalue weighted by molar-refractivity contribution is 7.47. The molecule has 0 saturated carbocycles. The summed E-state index contributed by atoms with van der Waals surface area (Å²) in [5, 5.41) is 48.0. The maximum Gasteiger partial charge on any atom is 0.472 e. The van der Waals surface area contributed by atoms with Gasteiger partial charge in [-0.25, -0.2) is 4.57 Å². The molecule has 0 aliphatic heterocycles. The van der Waals surface area contributed by atoms with Gasteiger partial charge in [0.2, 0.25) is 0 Å². The molecule has 0 bridgehead atoms. The van der Waals surface area contributed by atoms with E-state index in [1.807, 2.05) is 12.2 Å². The van der Waals surface area contributed by atoms with E-state index in [4.69, 9.17) is 23.6 Å². The summed E-state index contributed by atoms with van der Waals surface area (Å²) in [6.45, 7) is 1.35. The summed E-state index contributed by atoms with van der Waals surface area (Å²) in [4.78, 5) is 35.2. The molecule has 0 aromatic carbocycles. The summed E-state index contributed by atoms with van der Waals surface area (Å²) in [7, 11) is -4.91. The van der Waals surface area contributed by atoms with Crippen LogP contribution in [0.5, 0.6) is 0 Å². The molecule has 0 spiro atoms. The maximum absolute atomic E-state index is 12.6. The highest BCUT2D eigenvalue weighted by Gasteiger charge is 2.33. The molecule has 0 rings (SSSR count). The molecule has 320 valence electrons. The molecule has 0 heterocycles. The van der Waals surface area contributed by atoms with Crippen LogP contribution in [0.3, 0.4) is 0 Å². The van der Waals surface area contributed by atoms with Crippen LogP contribution in [0.15, 0.2) is 48.6 Å². The first kappa shape index (κ1) is 52.8. The SMILES string of the molecule is CCCCC=CCCCCC=CCCCC(=O)OC[C@H](COP(=O)(O)OC[C@@H](O)[C@@H](O)[C@H](O)[C@H](O)CO)OC(=O)CCCC=CCCCCC=CCCCC. The van der Waals surface area contributed by atoms with E-state index in [1.54, 1.807) is 0 Å². The van der Waals surface area contributed by atoms with Crippen LogP contribution in [0.4, 0.5) is 0 Å². The molecule has 0 fully saturated rings. The van der Waals surface area contributed by atoms with Gasteiger partial charge in [-0.1, -0.05) is 88.1 Å². The number of hydrogen-bond acceptors (Lipinski definition) is 12. The number of esters is 2. The molecule has 0 amide bonds. The summed E-state index contributed by atoms with van der Waals surface area (Å²) in [6.07, 6.45) is 26.5. The van der Waals surface area contributed by atoms with Crippen molar-refractivity contribution in [1.82, 2.24) is 0 Å². The normalized spacial score (nSPS) is 16.1. The average molecular weight is 805 g/mol. The van der Waals surface area contributed by atoms with Gasteiger partial charge < -0.3 is 39.9 Å². The van der Waals surface area contributed by atoms with Crippen molar-refractivity contribution in [2.45, 2.75) is 173 Å². The van der Waals surface area contributed by atoms with E-state index in [0.29, 0.717) is 25.7 Å². The fourth-order valence-electron chi connectivity index (χ4n) is 5.03. The molecule has 0 aromatic rings. The Morgan fingerprint density at radius 1 is 0.545 bits per heavy atom. The second kappa shape index (κ2) is 36.2. The highest BCUT2D eigenvalue weighted by Crippen LogP contribution is 2.43. The summed E-state index contributed by atoms with van der Waals surface area (Å²) >= 11 is 0. The Hall–Kier alpha value is -2.19. The molecule has 13 nitrogen and oxygen atoms in total. The first-order valence-electron chi connectivity index (χ1n) is 20.4. The molecule has 0 aromatic heterocycles. The summed E-state index contributed by atoms with van der Waals surface area (Å²) in [5.41, 5.74) is 0. The van der Waals surface area contributed by atoms with Crippen LogP contribution in [-0.4, -0.2) is 99.3 Å². The van der Waals surface area contributed by atoms with Gasteiger partial charge in [0.25, 0.3) is 0 Å². The van der Waals surface area contributed by atoms with Crippen LogP contribution in [0.25, 0.3) is 0 Å². The van der Waals surface area contributed by atoms with E-state index in [9.17, 15) is 39.5 Å². The van der Waals surface area contributed by atoms with Crippen LogP contribution in [-0.2, 0) is 32.7 Å². The van der Waals surface area contributed by atoms with Crippen molar-refractivity contribution < 1.29 is 63.1 Å². The van der Waals surface area contributed by atoms with Crippen LogP contribution in [0, 0.1) is 0 Å². The smallest absolute Gasteiger partial charge is 0.462 e. The minimum absolute atomic E-state index is 0.0543. The van der Waals surface area contributed by atoms with Crippen molar-refractivity contribution in [3.05, 3.63) is 48.6 Å². The number of hydrogen-bond donors (Lipinski definition) is 6. The van der Waals surface area contributed by atoms with Crippen LogP contribution in [0.2, 0.25) is 0 Å². The zero-order chi connectivity index (χ0) is 41.0. The summed E-state index contributed by atoms with van der Waals surface area (Å²) in [6, 6.07) is 0. The second-order valence-corrected chi connectivity index (χ2v) is 15.1. The van der Waals surface area contributed by atoms with Gasteiger partial charge in [0.15, 0.2) is 6.10 Å². The number of allylic oxidation sites excluding steroid dienone is 8. The van der Waals surface area contributed by atoms with E-state index in [1.165, 1.54) is 25.7 Å².